The molecule has 1 heterocycles. The van der Waals surface area contributed by atoms with E-state index < -0.39 is 29.2 Å². The molecule has 1 aliphatic rings. The van der Waals surface area contributed by atoms with Crippen LogP contribution >= 0.6 is 0 Å². The molecule has 1 aromatic rings. The first-order valence-corrected chi connectivity index (χ1v) is 6.87. The van der Waals surface area contributed by atoms with Gasteiger partial charge < -0.3 is 10.4 Å². The third-order valence-electron chi connectivity index (χ3n) is 3.65. The highest BCUT2D eigenvalue weighted by Gasteiger charge is 2.30. The molecule has 0 unspecified atom stereocenters. The molecule has 21 heavy (non-hydrogen) atoms. The van der Waals surface area contributed by atoms with E-state index in [0.29, 0.717) is 25.6 Å². The van der Waals surface area contributed by atoms with Crippen molar-refractivity contribution in [1.29, 1.82) is 0 Å². The van der Waals surface area contributed by atoms with Crippen LogP contribution in [0.25, 0.3) is 0 Å². The molecule has 1 aliphatic heterocycles. The molecule has 0 aromatic heterocycles. The minimum Gasteiger partial charge on any atom is -0.507 e. The quantitative estimate of drug-likeness (QED) is 0.663. The topological polar surface area (TPSA) is 35.5 Å². The Morgan fingerprint density at radius 3 is 2.52 bits per heavy atom. The first kappa shape index (κ1) is 15.9. The van der Waals surface area contributed by atoms with E-state index in [1.54, 1.807) is 6.92 Å². The number of hydrogen-bond donors (Lipinski definition) is 2. The maximum absolute atomic E-state index is 14.1. The molecule has 116 valence electrons. The molecule has 2 N–H and O–H groups in total. The van der Waals surface area contributed by atoms with Gasteiger partial charge in [0, 0.05) is 38.3 Å². The molecule has 6 heteroatoms. The number of halogens is 3. The smallest absolute Gasteiger partial charge is 0.195 e. The van der Waals surface area contributed by atoms with E-state index in [1.165, 1.54) is 0 Å². The summed E-state index contributed by atoms with van der Waals surface area (Å²) in [6, 6.07) is 0.0705. The Kier molecular flexibility index (Phi) is 4.90. The molecule has 1 atom stereocenters. The fourth-order valence-corrected chi connectivity index (χ4v) is 2.65. The highest BCUT2D eigenvalue weighted by Crippen LogP contribution is 2.37. The Bertz CT molecular complexity index is 542. The molecule has 1 fully saturated rings. The number of nitrogens with one attached hydrogen (secondary N) is 1. The van der Waals surface area contributed by atoms with Crippen LogP contribution < -0.4 is 5.32 Å². The van der Waals surface area contributed by atoms with E-state index in [9.17, 15) is 18.3 Å². The lowest BCUT2D eigenvalue weighted by Crippen LogP contribution is -2.45. The van der Waals surface area contributed by atoms with E-state index in [4.69, 9.17) is 0 Å². The number of phenolic OH excluding ortho intramolecular Hbond substituents is 1. The number of hydrogen-bond acceptors (Lipinski definition) is 3. The van der Waals surface area contributed by atoms with E-state index in [1.807, 2.05) is 4.90 Å². The number of aromatic hydroxyl groups is 1. The largest absolute Gasteiger partial charge is 0.507 e. The molecule has 3 nitrogen and oxygen atoms in total. The molecule has 2 rings (SSSR count). The van der Waals surface area contributed by atoms with Crippen LogP contribution in [0.3, 0.4) is 0 Å². The first-order valence-electron chi connectivity index (χ1n) is 6.87. The van der Waals surface area contributed by atoms with Crippen molar-refractivity contribution in [2.24, 2.45) is 0 Å². The van der Waals surface area contributed by atoms with Crippen LogP contribution in [0.2, 0.25) is 0 Å². The van der Waals surface area contributed by atoms with Gasteiger partial charge in [-0.3, -0.25) is 4.90 Å². The van der Waals surface area contributed by atoms with Gasteiger partial charge in [-0.05, 0) is 13.3 Å². The minimum atomic E-state index is -1.55. The number of benzene rings is 1. The lowest BCUT2D eigenvalue weighted by molar-refractivity contribution is 0.165. The Balaban J connectivity index is 2.45. The van der Waals surface area contributed by atoms with Crippen molar-refractivity contribution in [3.8, 4) is 5.75 Å². The summed E-state index contributed by atoms with van der Waals surface area (Å²) < 4.78 is 40.8. The summed E-state index contributed by atoms with van der Waals surface area (Å²) in [6.07, 6.45) is 0.371. The second kappa shape index (κ2) is 6.49. The summed E-state index contributed by atoms with van der Waals surface area (Å²) in [5, 5.41) is 13.1. The van der Waals surface area contributed by atoms with Gasteiger partial charge in [-0.2, -0.15) is 0 Å². The fraction of sp³-hybridized carbons (Fsp3) is 0.467. The predicted molar refractivity (Wildman–Crippen MR) is 74.6 cm³/mol. The van der Waals surface area contributed by atoms with E-state index >= 15 is 0 Å². The Hall–Kier alpha value is -1.53. The second-order valence-corrected chi connectivity index (χ2v) is 5.38. The van der Waals surface area contributed by atoms with Crippen LogP contribution in [0.4, 0.5) is 13.2 Å². The number of phenols is 1. The van der Waals surface area contributed by atoms with E-state index in [0.717, 1.165) is 18.7 Å². The highest BCUT2D eigenvalue weighted by atomic mass is 19.2. The first-order chi connectivity index (χ1) is 9.91. The van der Waals surface area contributed by atoms with Gasteiger partial charge in [0.1, 0.15) is 5.75 Å². The zero-order valence-electron chi connectivity index (χ0n) is 11.9. The zero-order chi connectivity index (χ0) is 15.6. The summed E-state index contributed by atoms with van der Waals surface area (Å²) in [5.41, 5.74) is 0.584. The second-order valence-electron chi connectivity index (χ2n) is 5.38. The Morgan fingerprint density at radius 2 is 1.95 bits per heavy atom. The monoisotopic (exact) mass is 300 g/mol. The van der Waals surface area contributed by atoms with Crippen LogP contribution in [0.1, 0.15) is 24.9 Å². The van der Waals surface area contributed by atoms with Crippen LogP contribution in [0.5, 0.6) is 5.75 Å². The van der Waals surface area contributed by atoms with Gasteiger partial charge >= 0.3 is 0 Å². The molecule has 1 saturated heterocycles. The zero-order valence-corrected chi connectivity index (χ0v) is 11.9. The summed E-state index contributed by atoms with van der Waals surface area (Å²) in [6.45, 7) is 8.29. The third-order valence-corrected chi connectivity index (χ3v) is 3.65. The molecule has 0 aliphatic carbocycles. The van der Waals surface area contributed by atoms with Crippen LogP contribution in [-0.2, 0) is 0 Å². The number of rotatable bonds is 4. The molecule has 1 aromatic carbocycles. The third kappa shape index (κ3) is 3.39. The Morgan fingerprint density at radius 1 is 1.33 bits per heavy atom. The van der Waals surface area contributed by atoms with E-state index in [-0.39, 0.29) is 5.56 Å². The number of nitrogens with zero attached hydrogens (tertiary/aromatic N) is 1. The van der Waals surface area contributed by atoms with Gasteiger partial charge in [-0.25, -0.2) is 13.2 Å². The summed E-state index contributed by atoms with van der Waals surface area (Å²) in [7, 11) is 0. The van der Waals surface area contributed by atoms with Crippen LogP contribution in [-0.4, -0.2) is 36.2 Å². The van der Waals surface area contributed by atoms with Crippen LogP contribution in [0.15, 0.2) is 18.2 Å². The molecule has 0 amide bonds. The standard InChI is InChI=1S/C15H19F3N2O/c1-9(2)7-11(20-5-3-19-4-6-20)13-12(21)8-10(16)14(17)15(13)18/h8,11,19,21H,1,3-7H2,2H3/t11-/m0/s1. The summed E-state index contributed by atoms with van der Waals surface area (Å²) in [5.74, 6) is -4.82. The minimum absolute atomic E-state index is 0.196. The molecular weight excluding hydrogens is 281 g/mol. The van der Waals surface area contributed by atoms with Crippen molar-refractivity contribution in [3.05, 3.63) is 41.2 Å². The van der Waals surface area contributed by atoms with E-state index in [2.05, 4.69) is 11.9 Å². The van der Waals surface area contributed by atoms with Gasteiger partial charge in [0.05, 0.1) is 5.56 Å². The molecular formula is C15H19F3N2O. The molecule has 0 spiro atoms. The normalized spacial score (nSPS) is 17.7. The van der Waals surface area contributed by atoms with Crippen molar-refractivity contribution < 1.29 is 18.3 Å². The molecule has 0 saturated carbocycles. The fourth-order valence-electron chi connectivity index (χ4n) is 2.65. The van der Waals surface area contributed by atoms with Crippen molar-refractivity contribution >= 4 is 0 Å². The van der Waals surface area contributed by atoms with Crippen molar-refractivity contribution in [2.75, 3.05) is 26.2 Å². The summed E-state index contributed by atoms with van der Waals surface area (Å²) in [4.78, 5) is 1.95. The summed E-state index contributed by atoms with van der Waals surface area (Å²) >= 11 is 0. The van der Waals surface area contributed by atoms with Gasteiger partial charge in [-0.1, -0.05) is 5.57 Å². The lowest BCUT2D eigenvalue weighted by atomic mass is 9.96. The maximum atomic E-state index is 14.1. The number of piperazine rings is 1. The van der Waals surface area contributed by atoms with Crippen molar-refractivity contribution in [1.82, 2.24) is 10.2 Å². The molecule has 0 radical (unpaired) electrons. The highest BCUT2D eigenvalue weighted by molar-refractivity contribution is 5.38. The van der Waals surface area contributed by atoms with Crippen LogP contribution in [0, 0.1) is 17.5 Å². The van der Waals surface area contributed by atoms with Gasteiger partial charge in [-0.15, -0.1) is 6.58 Å². The SMILES string of the molecule is C=C(C)C[C@@H](c1c(O)cc(F)c(F)c1F)N1CCNCC1. The van der Waals surface area contributed by atoms with Crippen molar-refractivity contribution in [3.63, 3.8) is 0 Å². The van der Waals surface area contributed by atoms with Gasteiger partial charge in [0.25, 0.3) is 0 Å². The van der Waals surface area contributed by atoms with Gasteiger partial charge in [0.15, 0.2) is 17.5 Å². The molecule has 0 bridgehead atoms. The maximum Gasteiger partial charge on any atom is 0.195 e. The lowest BCUT2D eigenvalue weighted by Gasteiger charge is -2.35. The average Bonchev–Trinajstić information content (AvgIpc) is 2.44. The Labute approximate surface area is 122 Å². The van der Waals surface area contributed by atoms with Crippen molar-refractivity contribution in [2.45, 2.75) is 19.4 Å². The van der Waals surface area contributed by atoms with Gasteiger partial charge in [0.2, 0.25) is 0 Å². The predicted octanol–water partition coefficient (Wildman–Crippen LogP) is 2.72. The average molecular weight is 300 g/mol.